The fourth-order valence-electron chi connectivity index (χ4n) is 2.80. The van der Waals surface area contributed by atoms with Gasteiger partial charge >= 0.3 is 0 Å². The lowest BCUT2D eigenvalue weighted by Crippen LogP contribution is -2.36. The van der Waals surface area contributed by atoms with Gasteiger partial charge in [-0.1, -0.05) is 36.7 Å². The summed E-state index contributed by atoms with van der Waals surface area (Å²) in [6.45, 7) is 6.42. The van der Waals surface area contributed by atoms with E-state index in [4.69, 9.17) is 16.6 Å². The SMILES string of the molecule is CCN(Cc1csc(-c2ccccc2Cl)n1)C1CCNC1. The van der Waals surface area contributed by atoms with E-state index in [1.54, 1.807) is 11.3 Å². The number of rotatable bonds is 5. The van der Waals surface area contributed by atoms with E-state index < -0.39 is 0 Å². The largest absolute Gasteiger partial charge is 0.315 e. The highest BCUT2D eigenvalue weighted by molar-refractivity contribution is 7.13. The first-order valence-electron chi connectivity index (χ1n) is 7.42. The highest BCUT2D eigenvalue weighted by Gasteiger charge is 2.21. The topological polar surface area (TPSA) is 28.2 Å². The molecule has 0 bridgehead atoms. The number of aromatic nitrogens is 1. The summed E-state index contributed by atoms with van der Waals surface area (Å²) in [6.07, 6.45) is 1.23. The monoisotopic (exact) mass is 321 g/mol. The number of hydrogen-bond donors (Lipinski definition) is 1. The molecule has 1 aromatic carbocycles. The van der Waals surface area contributed by atoms with Gasteiger partial charge in [-0.15, -0.1) is 11.3 Å². The molecule has 1 aromatic heterocycles. The number of halogens is 1. The van der Waals surface area contributed by atoms with E-state index in [2.05, 4.69) is 22.5 Å². The summed E-state index contributed by atoms with van der Waals surface area (Å²) in [4.78, 5) is 7.28. The Bertz CT molecular complexity index is 593. The van der Waals surface area contributed by atoms with Crippen LogP contribution in [-0.2, 0) is 6.54 Å². The van der Waals surface area contributed by atoms with Crippen molar-refractivity contribution in [1.82, 2.24) is 15.2 Å². The van der Waals surface area contributed by atoms with Crippen LogP contribution in [-0.4, -0.2) is 35.6 Å². The van der Waals surface area contributed by atoms with Gasteiger partial charge in [0.1, 0.15) is 5.01 Å². The zero-order valence-electron chi connectivity index (χ0n) is 12.2. The smallest absolute Gasteiger partial charge is 0.125 e. The van der Waals surface area contributed by atoms with Gasteiger partial charge in [-0.05, 0) is 25.6 Å². The molecular formula is C16H20ClN3S. The van der Waals surface area contributed by atoms with Crippen LogP contribution < -0.4 is 5.32 Å². The molecule has 0 spiro atoms. The number of thiazole rings is 1. The van der Waals surface area contributed by atoms with E-state index in [1.807, 2.05) is 24.3 Å². The molecule has 112 valence electrons. The molecule has 1 saturated heterocycles. The Morgan fingerprint density at radius 1 is 1.43 bits per heavy atom. The maximum absolute atomic E-state index is 6.25. The molecule has 1 aliphatic rings. The second-order valence-electron chi connectivity index (χ2n) is 5.33. The predicted octanol–water partition coefficient (Wildman–Crippen LogP) is 3.65. The van der Waals surface area contributed by atoms with Crippen LogP contribution in [0.1, 0.15) is 19.0 Å². The molecular weight excluding hydrogens is 302 g/mol. The van der Waals surface area contributed by atoms with E-state index >= 15 is 0 Å². The lowest BCUT2D eigenvalue weighted by molar-refractivity contribution is 0.208. The molecule has 1 N–H and O–H groups in total. The van der Waals surface area contributed by atoms with Gasteiger partial charge in [0, 0.05) is 30.1 Å². The summed E-state index contributed by atoms with van der Waals surface area (Å²) in [7, 11) is 0. The van der Waals surface area contributed by atoms with Gasteiger partial charge in [-0.2, -0.15) is 0 Å². The summed E-state index contributed by atoms with van der Waals surface area (Å²) in [6, 6.07) is 8.54. The van der Waals surface area contributed by atoms with Crippen molar-refractivity contribution >= 4 is 22.9 Å². The average Bonchev–Trinajstić information content (AvgIpc) is 3.17. The van der Waals surface area contributed by atoms with E-state index in [0.29, 0.717) is 6.04 Å². The molecule has 0 saturated carbocycles. The van der Waals surface area contributed by atoms with E-state index in [1.165, 1.54) is 6.42 Å². The number of nitrogens with zero attached hydrogens (tertiary/aromatic N) is 2. The standard InChI is InChI=1S/C16H20ClN3S/c1-2-20(13-7-8-18-9-13)10-12-11-21-16(19-12)14-5-3-4-6-15(14)17/h3-6,11,13,18H,2,7-10H2,1H3. The van der Waals surface area contributed by atoms with E-state index in [9.17, 15) is 0 Å². The lowest BCUT2D eigenvalue weighted by Gasteiger charge is -2.25. The van der Waals surface area contributed by atoms with Crippen LogP contribution in [0.5, 0.6) is 0 Å². The van der Waals surface area contributed by atoms with Gasteiger partial charge in [0.05, 0.1) is 10.7 Å². The Morgan fingerprint density at radius 3 is 3.00 bits per heavy atom. The average molecular weight is 322 g/mol. The van der Waals surface area contributed by atoms with E-state index in [0.717, 1.165) is 47.5 Å². The molecule has 5 heteroatoms. The van der Waals surface area contributed by atoms with Crippen LogP contribution in [0, 0.1) is 0 Å². The molecule has 3 nitrogen and oxygen atoms in total. The summed E-state index contributed by atoms with van der Waals surface area (Å²) in [5.41, 5.74) is 2.17. The zero-order valence-corrected chi connectivity index (χ0v) is 13.8. The molecule has 3 rings (SSSR count). The highest BCUT2D eigenvalue weighted by atomic mass is 35.5. The van der Waals surface area contributed by atoms with Gasteiger partial charge in [0.25, 0.3) is 0 Å². The quantitative estimate of drug-likeness (QED) is 0.911. The van der Waals surface area contributed by atoms with Crippen LogP contribution in [0.25, 0.3) is 10.6 Å². The van der Waals surface area contributed by atoms with E-state index in [-0.39, 0.29) is 0 Å². The van der Waals surface area contributed by atoms with Crippen molar-refractivity contribution in [2.75, 3.05) is 19.6 Å². The first-order chi connectivity index (χ1) is 10.3. The number of likely N-dealkylation sites (N-methyl/N-ethyl adjacent to an activating group) is 1. The Balaban J connectivity index is 1.74. The molecule has 0 aliphatic carbocycles. The molecule has 2 aromatic rings. The summed E-state index contributed by atoms with van der Waals surface area (Å²) in [5, 5.41) is 7.37. The number of hydrogen-bond acceptors (Lipinski definition) is 4. The van der Waals surface area contributed by atoms with Gasteiger partial charge < -0.3 is 5.32 Å². The Hall–Kier alpha value is -0.940. The van der Waals surface area contributed by atoms with Crippen molar-refractivity contribution in [3.8, 4) is 10.6 Å². The van der Waals surface area contributed by atoms with Crippen LogP contribution >= 0.6 is 22.9 Å². The van der Waals surface area contributed by atoms with Gasteiger partial charge in [-0.25, -0.2) is 4.98 Å². The van der Waals surface area contributed by atoms with Gasteiger partial charge in [0.2, 0.25) is 0 Å². The van der Waals surface area contributed by atoms with Crippen molar-refractivity contribution in [3.05, 3.63) is 40.4 Å². The minimum Gasteiger partial charge on any atom is -0.315 e. The summed E-state index contributed by atoms with van der Waals surface area (Å²) >= 11 is 7.93. The first kappa shape index (κ1) is 15.0. The zero-order chi connectivity index (χ0) is 14.7. The third-order valence-electron chi connectivity index (χ3n) is 3.98. The first-order valence-corrected chi connectivity index (χ1v) is 8.67. The summed E-state index contributed by atoms with van der Waals surface area (Å²) in [5.74, 6) is 0. The van der Waals surface area contributed by atoms with Crippen LogP contribution in [0.4, 0.5) is 0 Å². The number of nitrogens with one attached hydrogen (secondary N) is 1. The minimum atomic E-state index is 0.639. The molecule has 1 fully saturated rings. The molecule has 0 amide bonds. The Kier molecular flexibility index (Phi) is 4.91. The summed E-state index contributed by atoms with van der Waals surface area (Å²) < 4.78 is 0. The van der Waals surface area contributed by atoms with Gasteiger partial charge in [-0.3, -0.25) is 4.90 Å². The van der Waals surface area contributed by atoms with Crippen LogP contribution in [0.3, 0.4) is 0 Å². The third kappa shape index (κ3) is 3.46. The normalized spacial score (nSPS) is 18.5. The van der Waals surface area contributed by atoms with Crippen LogP contribution in [0.15, 0.2) is 29.6 Å². The minimum absolute atomic E-state index is 0.639. The lowest BCUT2D eigenvalue weighted by atomic mass is 10.2. The van der Waals surface area contributed by atoms with Crippen molar-refractivity contribution in [2.45, 2.75) is 25.9 Å². The van der Waals surface area contributed by atoms with Crippen LogP contribution in [0.2, 0.25) is 5.02 Å². The van der Waals surface area contributed by atoms with Crippen molar-refractivity contribution in [3.63, 3.8) is 0 Å². The van der Waals surface area contributed by atoms with Crippen molar-refractivity contribution in [1.29, 1.82) is 0 Å². The Labute approximate surface area is 135 Å². The third-order valence-corrected chi connectivity index (χ3v) is 5.23. The molecule has 1 aliphatic heterocycles. The second-order valence-corrected chi connectivity index (χ2v) is 6.60. The molecule has 2 heterocycles. The fourth-order valence-corrected chi connectivity index (χ4v) is 3.93. The Morgan fingerprint density at radius 2 is 2.29 bits per heavy atom. The number of benzene rings is 1. The fraction of sp³-hybridized carbons (Fsp3) is 0.438. The molecule has 1 unspecified atom stereocenters. The molecule has 0 radical (unpaired) electrons. The molecule has 1 atom stereocenters. The predicted molar refractivity (Wildman–Crippen MR) is 89.9 cm³/mol. The van der Waals surface area contributed by atoms with Gasteiger partial charge in [0.15, 0.2) is 0 Å². The van der Waals surface area contributed by atoms with Crippen molar-refractivity contribution < 1.29 is 0 Å². The second kappa shape index (κ2) is 6.88. The highest BCUT2D eigenvalue weighted by Crippen LogP contribution is 2.30. The molecule has 21 heavy (non-hydrogen) atoms. The maximum atomic E-state index is 6.25. The van der Waals surface area contributed by atoms with Crippen molar-refractivity contribution in [2.24, 2.45) is 0 Å². The maximum Gasteiger partial charge on any atom is 0.125 e.